The Hall–Kier alpha value is -2.51. The first-order valence-corrected chi connectivity index (χ1v) is 8.82. The Kier molecular flexibility index (Phi) is 4.57. The van der Waals surface area contributed by atoms with E-state index in [9.17, 15) is 4.39 Å². The van der Waals surface area contributed by atoms with Gasteiger partial charge in [0.05, 0.1) is 10.5 Å². The molecule has 0 bridgehead atoms. The van der Waals surface area contributed by atoms with Crippen LogP contribution in [0.2, 0.25) is 5.02 Å². The molecule has 0 saturated carbocycles. The number of hydrogen-bond acceptors (Lipinski definition) is 6. The van der Waals surface area contributed by atoms with E-state index in [1.807, 2.05) is 12.1 Å². The Bertz CT molecular complexity index is 942. The summed E-state index contributed by atoms with van der Waals surface area (Å²) in [5.74, 6) is 0.959. The average Bonchev–Trinajstić information content (AvgIpc) is 2.65. The van der Waals surface area contributed by atoms with Crippen molar-refractivity contribution in [1.82, 2.24) is 15.0 Å². The van der Waals surface area contributed by atoms with Crippen molar-refractivity contribution in [2.24, 2.45) is 5.73 Å². The maximum absolute atomic E-state index is 13.4. The molecule has 6 nitrogen and oxygen atoms in total. The van der Waals surface area contributed by atoms with E-state index >= 15 is 0 Å². The number of aromatic nitrogens is 3. The molecule has 134 valence electrons. The van der Waals surface area contributed by atoms with Crippen molar-refractivity contribution >= 4 is 40.0 Å². The van der Waals surface area contributed by atoms with Gasteiger partial charge in [-0.3, -0.25) is 0 Å². The van der Waals surface area contributed by atoms with Crippen molar-refractivity contribution < 1.29 is 4.39 Å². The number of anilines is 3. The molecule has 0 radical (unpaired) electrons. The summed E-state index contributed by atoms with van der Waals surface area (Å²) in [6, 6.07) is 8.58. The summed E-state index contributed by atoms with van der Waals surface area (Å²) in [4.78, 5) is 15.5. The normalized spacial score (nSPS) is 15.4. The standard InChI is InChI=1S/C18H18ClFN6/c19-13-9-12(1-2-14(13)20)24-18-17-15(22-10-23-18)3-4-16(25-17)26-7-5-11(21)6-8-26/h1-4,9-11H,5-8,21H2,(H,22,23,24). The zero-order valence-electron chi connectivity index (χ0n) is 14.0. The quantitative estimate of drug-likeness (QED) is 0.732. The number of rotatable bonds is 3. The van der Waals surface area contributed by atoms with Gasteiger partial charge in [-0.1, -0.05) is 11.6 Å². The second-order valence-corrected chi connectivity index (χ2v) is 6.75. The second kappa shape index (κ2) is 7.01. The summed E-state index contributed by atoms with van der Waals surface area (Å²) >= 11 is 5.86. The van der Waals surface area contributed by atoms with Gasteiger partial charge >= 0.3 is 0 Å². The SMILES string of the molecule is NC1CCN(c2ccc3ncnc(Nc4ccc(F)c(Cl)c4)c3n2)CC1. The molecule has 0 aliphatic carbocycles. The van der Waals surface area contributed by atoms with Gasteiger partial charge in [0.15, 0.2) is 5.82 Å². The van der Waals surface area contributed by atoms with Crippen molar-refractivity contribution in [1.29, 1.82) is 0 Å². The molecule has 3 heterocycles. The van der Waals surface area contributed by atoms with Gasteiger partial charge in [0.1, 0.15) is 23.5 Å². The lowest BCUT2D eigenvalue weighted by Crippen LogP contribution is -2.40. The molecule has 0 amide bonds. The molecular weight excluding hydrogens is 355 g/mol. The van der Waals surface area contributed by atoms with Crippen molar-refractivity contribution in [3.05, 3.63) is 47.5 Å². The van der Waals surface area contributed by atoms with Crippen LogP contribution in [0, 0.1) is 5.82 Å². The third-order valence-corrected chi connectivity index (χ3v) is 4.80. The number of fused-ring (bicyclic) bond motifs is 1. The smallest absolute Gasteiger partial charge is 0.160 e. The Morgan fingerprint density at radius 2 is 1.96 bits per heavy atom. The van der Waals surface area contributed by atoms with E-state index in [-0.39, 0.29) is 11.1 Å². The molecule has 1 aliphatic heterocycles. The van der Waals surface area contributed by atoms with Crippen molar-refractivity contribution in [3.63, 3.8) is 0 Å². The molecule has 3 aromatic rings. The summed E-state index contributed by atoms with van der Waals surface area (Å²) in [5, 5.41) is 3.20. The molecule has 1 aliphatic rings. The average molecular weight is 373 g/mol. The van der Waals surface area contributed by atoms with Gasteiger partial charge in [-0.25, -0.2) is 19.3 Å². The molecule has 1 saturated heterocycles. The number of piperidine rings is 1. The van der Waals surface area contributed by atoms with Crippen molar-refractivity contribution in [3.8, 4) is 0 Å². The van der Waals surface area contributed by atoms with Crippen LogP contribution >= 0.6 is 11.6 Å². The van der Waals surface area contributed by atoms with Crippen LogP contribution in [0.3, 0.4) is 0 Å². The molecule has 4 rings (SSSR count). The van der Waals surface area contributed by atoms with Gasteiger partial charge in [0.2, 0.25) is 0 Å². The Morgan fingerprint density at radius 1 is 1.15 bits per heavy atom. The molecule has 1 aromatic carbocycles. The predicted molar refractivity (Wildman–Crippen MR) is 101 cm³/mol. The lowest BCUT2D eigenvalue weighted by Gasteiger charge is -2.31. The van der Waals surface area contributed by atoms with E-state index < -0.39 is 5.82 Å². The fraction of sp³-hybridized carbons (Fsp3) is 0.278. The van der Waals surface area contributed by atoms with Crippen LogP contribution in [0.4, 0.5) is 21.7 Å². The molecule has 8 heteroatoms. The van der Waals surface area contributed by atoms with Crippen molar-refractivity contribution in [2.45, 2.75) is 18.9 Å². The molecule has 3 N–H and O–H groups in total. The van der Waals surface area contributed by atoms with Gasteiger partial charge in [0, 0.05) is 24.8 Å². The zero-order chi connectivity index (χ0) is 18.1. The van der Waals surface area contributed by atoms with Gasteiger partial charge in [0.25, 0.3) is 0 Å². The monoisotopic (exact) mass is 372 g/mol. The number of nitrogens with two attached hydrogens (primary N) is 1. The molecule has 26 heavy (non-hydrogen) atoms. The van der Waals surface area contributed by atoms with Crippen LogP contribution in [-0.4, -0.2) is 34.1 Å². The maximum Gasteiger partial charge on any atom is 0.160 e. The third-order valence-electron chi connectivity index (χ3n) is 4.51. The summed E-state index contributed by atoms with van der Waals surface area (Å²) in [7, 11) is 0. The van der Waals surface area contributed by atoms with Crippen LogP contribution in [0.15, 0.2) is 36.7 Å². The number of halogens is 2. The predicted octanol–water partition coefficient (Wildman–Crippen LogP) is 3.49. The first-order chi connectivity index (χ1) is 12.6. The second-order valence-electron chi connectivity index (χ2n) is 6.34. The molecule has 0 unspecified atom stereocenters. The Labute approximate surface area is 155 Å². The van der Waals surface area contributed by atoms with E-state index in [4.69, 9.17) is 22.3 Å². The van der Waals surface area contributed by atoms with Gasteiger partial charge in [-0.05, 0) is 43.2 Å². The van der Waals surface area contributed by atoms with Crippen LogP contribution in [0.1, 0.15) is 12.8 Å². The van der Waals surface area contributed by atoms with Gasteiger partial charge < -0.3 is 16.0 Å². The lowest BCUT2D eigenvalue weighted by atomic mass is 10.1. The number of pyridine rings is 1. The minimum Gasteiger partial charge on any atom is -0.356 e. The Balaban J connectivity index is 1.68. The summed E-state index contributed by atoms with van der Waals surface area (Å²) in [6.07, 6.45) is 3.37. The molecule has 0 atom stereocenters. The highest BCUT2D eigenvalue weighted by Gasteiger charge is 2.18. The summed E-state index contributed by atoms with van der Waals surface area (Å²) in [5.41, 5.74) is 8.00. The maximum atomic E-state index is 13.4. The Morgan fingerprint density at radius 3 is 2.73 bits per heavy atom. The highest BCUT2D eigenvalue weighted by Crippen LogP contribution is 2.27. The van der Waals surface area contributed by atoms with Crippen LogP contribution in [0.5, 0.6) is 0 Å². The van der Waals surface area contributed by atoms with E-state index in [0.29, 0.717) is 17.0 Å². The highest BCUT2D eigenvalue weighted by atomic mass is 35.5. The van der Waals surface area contributed by atoms with E-state index in [1.54, 1.807) is 6.07 Å². The largest absolute Gasteiger partial charge is 0.356 e. The molecular formula is C18H18ClFN6. The lowest BCUT2D eigenvalue weighted by molar-refractivity contribution is 0.499. The van der Waals surface area contributed by atoms with Crippen molar-refractivity contribution in [2.75, 3.05) is 23.3 Å². The molecule has 1 fully saturated rings. The number of hydrogen-bond donors (Lipinski definition) is 2. The fourth-order valence-corrected chi connectivity index (χ4v) is 3.22. The highest BCUT2D eigenvalue weighted by molar-refractivity contribution is 6.31. The van der Waals surface area contributed by atoms with Crippen LogP contribution < -0.4 is 16.0 Å². The molecule has 2 aromatic heterocycles. The zero-order valence-corrected chi connectivity index (χ0v) is 14.7. The van der Waals surface area contributed by atoms with Gasteiger partial charge in [-0.15, -0.1) is 0 Å². The van der Waals surface area contributed by atoms with E-state index in [1.165, 1.54) is 18.5 Å². The minimum atomic E-state index is -0.464. The van der Waals surface area contributed by atoms with Crippen LogP contribution in [-0.2, 0) is 0 Å². The van der Waals surface area contributed by atoms with Gasteiger partial charge in [-0.2, -0.15) is 0 Å². The van der Waals surface area contributed by atoms with E-state index in [0.717, 1.165) is 37.3 Å². The topological polar surface area (TPSA) is 80.0 Å². The minimum absolute atomic E-state index is 0.0478. The third kappa shape index (κ3) is 3.40. The molecule has 0 spiro atoms. The first-order valence-electron chi connectivity index (χ1n) is 8.44. The summed E-state index contributed by atoms with van der Waals surface area (Å²) in [6.45, 7) is 1.76. The van der Waals surface area contributed by atoms with E-state index in [2.05, 4.69) is 20.2 Å². The number of nitrogens with one attached hydrogen (secondary N) is 1. The summed E-state index contributed by atoms with van der Waals surface area (Å²) < 4.78 is 13.4. The number of benzene rings is 1. The fourth-order valence-electron chi connectivity index (χ4n) is 3.04. The number of nitrogens with zero attached hydrogens (tertiary/aromatic N) is 4. The van der Waals surface area contributed by atoms with Crippen LogP contribution in [0.25, 0.3) is 11.0 Å². The first kappa shape index (κ1) is 16.9.